The van der Waals surface area contributed by atoms with Crippen molar-refractivity contribution in [3.05, 3.63) is 46.4 Å². The number of aliphatic hydroxyl groups excluding tert-OH is 1. The second-order valence-electron chi connectivity index (χ2n) is 6.91. The maximum absolute atomic E-state index is 14.9. The van der Waals surface area contributed by atoms with Gasteiger partial charge in [-0.2, -0.15) is 18.3 Å². The Kier molecular flexibility index (Phi) is 6.46. The van der Waals surface area contributed by atoms with Gasteiger partial charge < -0.3 is 19.7 Å². The summed E-state index contributed by atoms with van der Waals surface area (Å²) in [6, 6.07) is 1.71. The van der Waals surface area contributed by atoms with Crippen molar-refractivity contribution < 1.29 is 32.2 Å². The van der Waals surface area contributed by atoms with E-state index in [1.54, 1.807) is 14.0 Å². The fraction of sp³-hybridized carbons (Fsp3) is 0.316. The lowest BCUT2D eigenvalue weighted by molar-refractivity contribution is -0.189. The number of benzene rings is 1. The summed E-state index contributed by atoms with van der Waals surface area (Å²) in [5.74, 6) is -2.20. The molecule has 1 aromatic carbocycles. The number of carbonyl (C=O) groups excluding carboxylic acids is 1. The van der Waals surface area contributed by atoms with E-state index < -0.39 is 41.9 Å². The van der Waals surface area contributed by atoms with Crippen molar-refractivity contribution in [1.29, 1.82) is 0 Å². The molecule has 0 saturated carbocycles. The molecule has 2 heterocycles. The highest BCUT2D eigenvalue weighted by molar-refractivity contribution is 6.33. The van der Waals surface area contributed by atoms with Gasteiger partial charge in [-0.25, -0.2) is 9.37 Å². The van der Waals surface area contributed by atoms with E-state index >= 15 is 0 Å². The first-order chi connectivity index (χ1) is 14.9. The molecule has 0 aliphatic rings. The molecule has 1 amide bonds. The molecule has 172 valence electrons. The number of alkyl halides is 3. The predicted molar refractivity (Wildman–Crippen MR) is 107 cm³/mol. The highest BCUT2D eigenvalue weighted by Gasteiger charge is 2.39. The lowest BCUT2D eigenvalue weighted by Crippen LogP contribution is -2.32. The third-order valence-corrected chi connectivity index (χ3v) is 4.88. The molecule has 1 atom stereocenters. The molecule has 0 spiro atoms. The molecule has 13 heteroatoms. The Labute approximate surface area is 184 Å². The van der Waals surface area contributed by atoms with Crippen LogP contribution in [0, 0.1) is 12.7 Å². The number of imidazole rings is 1. The zero-order chi connectivity index (χ0) is 23.8. The smallest absolute Gasteiger partial charge is 0.425 e. The molecule has 0 saturated heterocycles. The van der Waals surface area contributed by atoms with Crippen LogP contribution in [-0.4, -0.2) is 43.0 Å². The van der Waals surface area contributed by atoms with Gasteiger partial charge in [0.05, 0.1) is 17.0 Å². The molecule has 3 rings (SSSR count). The second-order valence-corrected chi connectivity index (χ2v) is 7.27. The minimum absolute atomic E-state index is 0.0410. The van der Waals surface area contributed by atoms with Crippen LogP contribution in [0.4, 0.5) is 23.2 Å². The maximum Gasteiger partial charge on any atom is 0.425 e. The number of ether oxygens (including phenoxy) is 1. The van der Waals surface area contributed by atoms with E-state index in [1.165, 1.54) is 10.8 Å². The Balaban J connectivity index is 2.08. The molecule has 2 aromatic heterocycles. The molecule has 32 heavy (non-hydrogen) atoms. The van der Waals surface area contributed by atoms with Gasteiger partial charge in [-0.05, 0) is 26.0 Å². The van der Waals surface area contributed by atoms with Gasteiger partial charge in [0, 0.05) is 18.8 Å². The summed E-state index contributed by atoms with van der Waals surface area (Å²) in [5, 5.41) is 17.8. The Morgan fingerprint density at radius 3 is 2.62 bits per heavy atom. The van der Waals surface area contributed by atoms with Crippen molar-refractivity contribution in [2.75, 3.05) is 5.32 Å². The third kappa shape index (κ3) is 4.70. The number of carbonyl (C=O) groups is 1. The number of hydrogen-bond acceptors (Lipinski definition) is 5. The van der Waals surface area contributed by atoms with Crippen LogP contribution in [0.1, 0.15) is 28.8 Å². The van der Waals surface area contributed by atoms with Gasteiger partial charge in [0.15, 0.2) is 11.3 Å². The van der Waals surface area contributed by atoms with Crippen molar-refractivity contribution in [2.24, 2.45) is 7.05 Å². The normalized spacial score (nSPS) is 12.7. The minimum atomic E-state index is -4.73. The molecule has 0 aliphatic heterocycles. The SMILES string of the molecule is Cc1[nH]nc(Cl)c1NC(=O)c1cc(F)c(-c2cn(C)c(CO)n2)cc1O[C@@H](C)C(F)(F)F. The number of rotatable bonds is 6. The van der Waals surface area contributed by atoms with Gasteiger partial charge in [-0.1, -0.05) is 11.6 Å². The fourth-order valence-electron chi connectivity index (χ4n) is 2.79. The van der Waals surface area contributed by atoms with Gasteiger partial charge in [0.2, 0.25) is 0 Å². The number of hydrogen-bond donors (Lipinski definition) is 3. The molecule has 0 unspecified atom stereocenters. The maximum atomic E-state index is 14.9. The molecule has 0 radical (unpaired) electrons. The highest BCUT2D eigenvalue weighted by atomic mass is 35.5. The van der Waals surface area contributed by atoms with Gasteiger partial charge >= 0.3 is 6.18 Å². The highest BCUT2D eigenvalue weighted by Crippen LogP contribution is 2.34. The lowest BCUT2D eigenvalue weighted by atomic mass is 10.1. The minimum Gasteiger partial charge on any atom is -0.480 e. The van der Waals surface area contributed by atoms with Crippen molar-refractivity contribution in [1.82, 2.24) is 19.7 Å². The molecule has 3 N–H and O–H groups in total. The topological polar surface area (TPSA) is 105 Å². The number of nitrogens with one attached hydrogen (secondary N) is 2. The number of aromatic nitrogens is 4. The Hall–Kier alpha value is -3.12. The molecule has 0 bridgehead atoms. The van der Waals surface area contributed by atoms with E-state index in [9.17, 15) is 27.5 Å². The van der Waals surface area contributed by atoms with Crippen LogP contribution in [0.25, 0.3) is 11.3 Å². The zero-order valence-corrected chi connectivity index (χ0v) is 17.8. The van der Waals surface area contributed by atoms with Crippen LogP contribution in [0.5, 0.6) is 5.75 Å². The summed E-state index contributed by atoms with van der Waals surface area (Å²) in [6.45, 7) is 1.88. The van der Waals surface area contributed by atoms with E-state index in [2.05, 4.69) is 20.5 Å². The fourth-order valence-corrected chi connectivity index (χ4v) is 3.02. The van der Waals surface area contributed by atoms with Crippen LogP contribution in [0.2, 0.25) is 5.15 Å². The quantitative estimate of drug-likeness (QED) is 0.468. The van der Waals surface area contributed by atoms with Crippen LogP contribution >= 0.6 is 11.6 Å². The number of aryl methyl sites for hydroxylation is 2. The van der Waals surface area contributed by atoms with Crippen LogP contribution in [0.3, 0.4) is 0 Å². The van der Waals surface area contributed by atoms with Crippen molar-refractivity contribution in [3.63, 3.8) is 0 Å². The largest absolute Gasteiger partial charge is 0.480 e. The van der Waals surface area contributed by atoms with Gasteiger partial charge in [0.1, 0.15) is 29.7 Å². The van der Waals surface area contributed by atoms with Crippen molar-refractivity contribution in [2.45, 2.75) is 32.7 Å². The summed E-state index contributed by atoms with van der Waals surface area (Å²) in [5.41, 5.74) is -0.180. The van der Waals surface area contributed by atoms with Gasteiger partial charge in [-0.3, -0.25) is 9.89 Å². The number of anilines is 1. The molecular weight excluding hydrogens is 458 g/mol. The van der Waals surface area contributed by atoms with E-state index in [-0.39, 0.29) is 27.9 Å². The summed E-state index contributed by atoms with van der Waals surface area (Å²) in [4.78, 5) is 16.8. The third-order valence-electron chi connectivity index (χ3n) is 4.61. The zero-order valence-electron chi connectivity index (χ0n) is 17.0. The first kappa shape index (κ1) is 23.5. The van der Waals surface area contributed by atoms with Crippen molar-refractivity contribution >= 4 is 23.2 Å². The van der Waals surface area contributed by atoms with Crippen LogP contribution < -0.4 is 10.1 Å². The molecule has 0 aliphatic carbocycles. The number of amides is 1. The number of aromatic amines is 1. The standard InChI is InChI=1S/C19H18ClF4N5O3/c1-8-16(17(20)28-27-8)26-18(31)11-4-12(21)10(13-6-29(3)15(7-30)25-13)5-14(11)32-9(2)19(22,23)24/h4-6,9,30H,7H2,1-3H3,(H,26,31)(H,27,28)/t9-/m0/s1. The molecule has 3 aromatic rings. The Morgan fingerprint density at radius 2 is 2.09 bits per heavy atom. The summed E-state index contributed by atoms with van der Waals surface area (Å²) >= 11 is 5.89. The van der Waals surface area contributed by atoms with Crippen molar-refractivity contribution in [3.8, 4) is 17.0 Å². The second kappa shape index (κ2) is 8.79. The Morgan fingerprint density at radius 1 is 1.41 bits per heavy atom. The molecule has 0 fully saturated rings. The molecule has 8 nitrogen and oxygen atoms in total. The van der Waals surface area contributed by atoms with Crippen LogP contribution in [-0.2, 0) is 13.7 Å². The van der Waals surface area contributed by atoms with Crippen LogP contribution in [0.15, 0.2) is 18.3 Å². The first-order valence-electron chi connectivity index (χ1n) is 9.14. The Bertz CT molecular complexity index is 1140. The van der Waals surface area contributed by atoms with E-state index in [0.29, 0.717) is 5.69 Å². The average Bonchev–Trinajstić information content (AvgIpc) is 3.24. The monoisotopic (exact) mass is 475 g/mol. The first-order valence-corrected chi connectivity index (χ1v) is 9.52. The number of nitrogens with zero attached hydrogens (tertiary/aromatic N) is 3. The average molecular weight is 476 g/mol. The molecular formula is C19H18ClF4N5O3. The van der Waals surface area contributed by atoms with E-state index in [4.69, 9.17) is 16.3 Å². The van der Waals surface area contributed by atoms with Gasteiger partial charge in [-0.15, -0.1) is 0 Å². The van der Waals surface area contributed by atoms with Gasteiger partial charge in [0.25, 0.3) is 5.91 Å². The number of H-pyrrole nitrogens is 1. The summed E-state index contributed by atoms with van der Waals surface area (Å²) in [6.07, 6.45) is -5.64. The lowest BCUT2D eigenvalue weighted by Gasteiger charge is -2.20. The number of halogens is 5. The summed E-state index contributed by atoms with van der Waals surface area (Å²) < 4.78 is 60.7. The van der Waals surface area contributed by atoms with E-state index in [1.807, 2.05) is 0 Å². The number of aliphatic hydroxyl groups is 1. The summed E-state index contributed by atoms with van der Waals surface area (Å²) in [7, 11) is 1.56. The predicted octanol–water partition coefficient (Wildman–Crippen LogP) is 3.99. The van der Waals surface area contributed by atoms with E-state index in [0.717, 1.165) is 19.1 Å².